The number of carbonyl (C=O) groups excluding carboxylic acids is 1. The predicted molar refractivity (Wildman–Crippen MR) is 79.5 cm³/mol. The first kappa shape index (κ1) is 14.3. The van der Waals surface area contributed by atoms with E-state index in [0.29, 0.717) is 24.3 Å². The van der Waals surface area contributed by atoms with Gasteiger partial charge in [0.1, 0.15) is 5.82 Å². The maximum atomic E-state index is 13.4. The van der Waals surface area contributed by atoms with Crippen LogP contribution in [-0.2, 0) is 0 Å². The van der Waals surface area contributed by atoms with Gasteiger partial charge in [0.15, 0.2) is 10.4 Å². The SMILES string of the molecule is O=C(c1ccc(Br)o1)N1CCNCC1c1cccc(F)c1. The number of benzene rings is 1. The molecule has 1 aromatic heterocycles. The van der Waals surface area contributed by atoms with Crippen molar-refractivity contribution >= 4 is 21.8 Å². The summed E-state index contributed by atoms with van der Waals surface area (Å²) in [6, 6.07) is 9.48. The van der Waals surface area contributed by atoms with Crippen molar-refractivity contribution in [2.24, 2.45) is 0 Å². The number of furan rings is 1. The van der Waals surface area contributed by atoms with Crippen molar-refractivity contribution in [2.75, 3.05) is 19.6 Å². The van der Waals surface area contributed by atoms with Gasteiger partial charge in [0, 0.05) is 19.6 Å². The summed E-state index contributed by atoms with van der Waals surface area (Å²) < 4.78 is 19.3. The number of carbonyl (C=O) groups is 1. The Morgan fingerprint density at radius 1 is 1.38 bits per heavy atom. The zero-order valence-corrected chi connectivity index (χ0v) is 12.8. The van der Waals surface area contributed by atoms with Crippen LogP contribution in [0, 0.1) is 5.82 Å². The van der Waals surface area contributed by atoms with Gasteiger partial charge in [-0.25, -0.2) is 4.39 Å². The molecule has 2 aromatic rings. The summed E-state index contributed by atoms with van der Waals surface area (Å²) in [6.07, 6.45) is 0. The molecule has 1 saturated heterocycles. The number of halogens is 2. The Balaban J connectivity index is 1.89. The van der Waals surface area contributed by atoms with Crippen molar-refractivity contribution in [1.82, 2.24) is 10.2 Å². The van der Waals surface area contributed by atoms with Crippen LogP contribution in [0.15, 0.2) is 45.5 Å². The molecule has 0 saturated carbocycles. The molecule has 21 heavy (non-hydrogen) atoms. The van der Waals surface area contributed by atoms with Gasteiger partial charge in [0.05, 0.1) is 6.04 Å². The summed E-state index contributed by atoms with van der Waals surface area (Å²) in [6.45, 7) is 1.86. The van der Waals surface area contributed by atoms with E-state index in [2.05, 4.69) is 21.2 Å². The molecule has 2 heterocycles. The summed E-state index contributed by atoms with van der Waals surface area (Å²) in [4.78, 5) is 14.3. The molecule has 1 atom stereocenters. The number of nitrogens with one attached hydrogen (secondary N) is 1. The maximum absolute atomic E-state index is 13.4. The zero-order valence-electron chi connectivity index (χ0n) is 11.2. The number of hydrogen-bond acceptors (Lipinski definition) is 3. The number of amides is 1. The summed E-state index contributed by atoms with van der Waals surface area (Å²) >= 11 is 3.19. The van der Waals surface area contributed by atoms with Gasteiger partial charge in [-0.05, 0) is 45.8 Å². The van der Waals surface area contributed by atoms with Gasteiger partial charge in [0.25, 0.3) is 5.91 Å². The molecule has 1 unspecified atom stereocenters. The lowest BCUT2D eigenvalue weighted by Crippen LogP contribution is -2.48. The highest BCUT2D eigenvalue weighted by Crippen LogP contribution is 2.26. The molecule has 1 fully saturated rings. The second-order valence-electron chi connectivity index (χ2n) is 4.88. The van der Waals surface area contributed by atoms with E-state index >= 15 is 0 Å². The summed E-state index contributed by atoms with van der Waals surface area (Å²) in [5.41, 5.74) is 0.779. The minimum absolute atomic E-state index is 0.184. The van der Waals surface area contributed by atoms with Crippen molar-refractivity contribution in [3.8, 4) is 0 Å². The first-order valence-electron chi connectivity index (χ1n) is 6.67. The van der Waals surface area contributed by atoms with Crippen molar-refractivity contribution in [2.45, 2.75) is 6.04 Å². The van der Waals surface area contributed by atoms with Crippen LogP contribution in [0.25, 0.3) is 0 Å². The van der Waals surface area contributed by atoms with E-state index in [0.717, 1.165) is 5.56 Å². The van der Waals surface area contributed by atoms with E-state index in [1.165, 1.54) is 12.1 Å². The minimum Gasteiger partial charge on any atom is -0.444 e. The predicted octanol–water partition coefficient (Wildman–Crippen LogP) is 2.97. The van der Waals surface area contributed by atoms with E-state index in [1.807, 2.05) is 6.07 Å². The standard InChI is InChI=1S/C15H14BrFN2O2/c16-14-5-4-13(21-14)15(20)19-7-6-18-9-12(19)10-2-1-3-11(17)8-10/h1-5,8,12,18H,6-7,9H2. The highest BCUT2D eigenvalue weighted by Gasteiger charge is 2.30. The Kier molecular flexibility index (Phi) is 4.07. The van der Waals surface area contributed by atoms with Crippen LogP contribution in [0.2, 0.25) is 0 Å². The molecule has 1 aliphatic heterocycles. The van der Waals surface area contributed by atoms with Crippen molar-refractivity contribution < 1.29 is 13.6 Å². The van der Waals surface area contributed by atoms with Gasteiger partial charge in [-0.2, -0.15) is 0 Å². The minimum atomic E-state index is -0.300. The van der Waals surface area contributed by atoms with Crippen molar-refractivity contribution in [1.29, 1.82) is 0 Å². The van der Waals surface area contributed by atoms with E-state index in [4.69, 9.17) is 4.42 Å². The molecule has 0 spiro atoms. The normalized spacial score (nSPS) is 18.8. The number of piperazine rings is 1. The van der Waals surface area contributed by atoms with Gasteiger partial charge in [-0.15, -0.1) is 0 Å². The first-order chi connectivity index (χ1) is 10.1. The fraction of sp³-hybridized carbons (Fsp3) is 0.267. The highest BCUT2D eigenvalue weighted by molar-refractivity contribution is 9.10. The summed E-state index contributed by atoms with van der Waals surface area (Å²) in [5.74, 6) is -0.201. The zero-order chi connectivity index (χ0) is 14.8. The summed E-state index contributed by atoms with van der Waals surface area (Å²) in [7, 11) is 0. The third-order valence-corrected chi connectivity index (χ3v) is 3.95. The molecular formula is C15H14BrFN2O2. The second-order valence-corrected chi connectivity index (χ2v) is 5.66. The van der Waals surface area contributed by atoms with Crippen LogP contribution in [0.4, 0.5) is 4.39 Å². The molecule has 1 aromatic carbocycles. The van der Waals surface area contributed by atoms with Crippen LogP contribution < -0.4 is 5.32 Å². The van der Waals surface area contributed by atoms with Crippen LogP contribution in [-0.4, -0.2) is 30.4 Å². The fourth-order valence-electron chi connectivity index (χ4n) is 2.53. The molecule has 1 amide bonds. The lowest BCUT2D eigenvalue weighted by atomic mass is 10.0. The van der Waals surface area contributed by atoms with Gasteiger partial charge >= 0.3 is 0 Å². The molecule has 0 aliphatic carbocycles. The van der Waals surface area contributed by atoms with Crippen LogP contribution in [0.3, 0.4) is 0 Å². The summed E-state index contributed by atoms with van der Waals surface area (Å²) in [5, 5.41) is 3.24. The van der Waals surface area contributed by atoms with Crippen LogP contribution in [0.5, 0.6) is 0 Å². The topological polar surface area (TPSA) is 45.5 Å². The van der Waals surface area contributed by atoms with Gasteiger partial charge in [0.2, 0.25) is 0 Å². The Bertz CT molecular complexity index is 659. The molecule has 0 bridgehead atoms. The molecule has 110 valence electrons. The molecular weight excluding hydrogens is 339 g/mol. The largest absolute Gasteiger partial charge is 0.444 e. The number of nitrogens with zero attached hydrogens (tertiary/aromatic N) is 1. The van der Waals surface area contributed by atoms with E-state index in [1.54, 1.807) is 23.1 Å². The Morgan fingerprint density at radius 2 is 2.24 bits per heavy atom. The average molecular weight is 353 g/mol. The van der Waals surface area contributed by atoms with E-state index in [9.17, 15) is 9.18 Å². The quantitative estimate of drug-likeness (QED) is 0.903. The second kappa shape index (κ2) is 5.99. The lowest BCUT2D eigenvalue weighted by Gasteiger charge is -2.36. The molecule has 3 rings (SSSR count). The molecule has 0 radical (unpaired) electrons. The van der Waals surface area contributed by atoms with Crippen molar-refractivity contribution in [3.05, 3.63) is 58.2 Å². The molecule has 1 N–H and O–H groups in total. The molecule has 4 nitrogen and oxygen atoms in total. The monoisotopic (exact) mass is 352 g/mol. The average Bonchev–Trinajstić information content (AvgIpc) is 2.93. The molecule has 6 heteroatoms. The Hall–Kier alpha value is -1.66. The molecule has 1 aliphatic rings. The highest BCUT2D eigenvalue weighted by atomic mass is 79.9. The Labute approximate surface area is 130 Å². The van der Waals surface area contributed by atoms with Gasteiger partial charge < -0.3 is 14.6 Å². The van der Waals surface area contributed by atoms with Gasteiger partial charge in [-0.1, -0.05) is 12.1 Å². The van der Waals surface area contributed by atoms with Crippen LogP contribution in [0.1, 0.15) is 22.2 Å². The number of hydrogen-bond donors (Lipinski definition) is 1. The van der Waals surface area contributed by atoms with Crippen LogP contribution >= 0.6 is 15.9 Å². The van der Waals surface area contributed by atoms with E-state index < -0.39 is 0 Å². The fourth-order valence-corrected chi connectivity index (χ4v) is 2.84. The smallest absolute Gasteiger partial charge is 0.290 e. The Morgan fingerprint density at radius 3 is 2.95 bits per heavy atom. The van der Waals surface area contributed by atoms with Gasteiger partial charge in [-0.3, -0.25) is 4.79 Å². The van der Waals surface area contributed by atoms with E-state index in [-0.39, 0.29) is 23.5 Å². The third-order valence-electron chi connectivity index (χ3n) is 3.52. The maximum Gasteiger partial charge on any atom is 0.290 e. The number of rotatable bonds is 2. The lowest BCUT2D eigenvalue weighted by molar-refractivity contribution is 0.0600. The van der Waals surface area contributed by atoms with Crippen molar-refractivity contribution in [3.63, 3.8) is 0 Å². The first-order valence-corrected chi connectivity index (χ1v) is 7.47. The third kappa shape index (κ3) is 3.01.